The molecule has 0 spiro atoms. The number of fused-ring (bicyclic) bond motifs is 2. The summed E-state index contributed by atoms with van der Waals surface area (Å²) < 4.78 is 0. The number of hydrogen-bond donors (Lipinski definition) is 3. The van der Waals surface area contributed by atoms with Crippen LogP contribution < -0.4 is 16.6 Å². The Morgan fingerprint density at radius 2 is 2.20 bits per heavy atom. The molecule has 20 heavy (non-hydrogen) atoms. The van der Waals surface area contributed by atoms with Crippen molar-refractivity contribution in [2.45, 2.75) is 25.7 Å². The van der Waals surface area contributed by atoms with E-state index in [1.807, 2.05) is 0 Å². The molecule has 1 aromatic carbocycles. The Bertz CT molecular complexity index is 520. The largest absolute Gasteiger partial charge is 0.352 e. The second-order valence-corrected chi connectivity index (χ2v) is 6.42. The molecule has 2 aliphatic carbocycles. The predicted molar refractivity (Wildman–Crippen MR) is 80.5 cm³/mol. The topological polar surface area (TPSA) is 67.1 Å². The van der Waals surface area contributed by atoms with E-state index < -0.39 is 0 Å². The number of nitrogens with two attached hydrogens (primary N) is 1. The molecule has 1 aromatic rings. The van der Waals surface area contributed by atoms with Crippen LogP contribution in [0.2, 0.25) is 5.02 Å². The third-order valence-electron chi connectivity index (χ3n) is 4.79. The van der Waals surface area contributed by atoms with Gasteiger partial charge >= 0.3 is 0 Å². The first-order chi connectivity index (χ1) is 9.67. The van der Waals surface area contributed by atoms with Gasteiger partial charge in [0.15, 0.2) is 0 Å². The first-order valence-corrected chi connectivity index (χ1v) is 7.59. The smallest absolute Gasteiger partial charge is 0.253 e. The molecule has 0 saturated heterocycles. The van der Waals surface area contributed by atoms with Gasteiger partial charge in [0.05, 0.1) is 11.3 Å². The number of halogens is 1. The zero-order chi connectivity index (χ0) is 14.1. The Morgan fingerprint density at radius 3 is 2.85 bits per heavy atom. The van der Waals surface area contributed by atoms with Crippen molar-refractivity contribution in [3.8, 4) is 0 Å². The van der Waals surface area contributed by atoms with Gasteiger partial charge in [0.1, 0.15) is 0 Å². The minimum Gasteiger partial charge on any atom is -0.352 e. The van der Waals surface area contributed by atoms with Gasteiger partial charge in [0, 0.05) is 11.6 Å². The van der Waals surface area contributed by atoms with E-state index in [-0.39, 0.29) is 5.91 Å². The Hall–Kier alpha value is -1.26. The molecule has 0 aromatic heterocycles. The third-order valence-corrected chi connectivity index (χ3v) is 5.03. The fourth-order valence-corrected chi connectivity index (χ4v) is 3.95. The summed E-state index contributed by atoms with van der Waals surface area (Å²) >= 11 is 5.95. The standard InChI is InChI=1S/C15H20ClN3O/c16-12-3-4-14(19-17)13(7-12)15(20)18-8-11-6-9-1-2-10(11)5-9/h3-4,7,9-11,19H,1-2,5-6,8,17H2,(H,18,20). The van der Waals surface area contributed by atoms with Crippen LogP contribution in [-0.2, 0) is 0 Å². The molecule has 1 amide bonds. The molecule has 2 fully saturated rings. The van der Waals surface area contributed by atoms with Crippen molar-refractivity contribution in [3.63, 3.8) is 0 Å². The molecule has 4 nitrogen and oxygen atoms in total. The zero-order valence-electron chi connectivity index (χ0n) is 11.4. The lowest BCUT2D eigenvalue weighted by Gasteiger charge is -2.22. The monoisotopic (exact) mass is 293 g/mol. The molecule has 108 valence electrons. The first kappa shape index (κ1) is 13.7. The average molecular weight is 294 g/mol. The molecule has 3 rings (SSSR count). The number of carbonyl (C=O) groups is 1. The molecule has 0 aliphatic heterocycles. The van der Waals surface area contributed by atoms with Gasteiger partial charge < -0.3 is 10.7 Å². The summed E-state index contributed by atoms with van der Waals surface area (Å²) in [7, 11) is 0. The highest BCUT2D eigenvalue weighted by molar-refractivity contribution is 6.31. The fourth-order valence-electron chi connectivity index (χ4n) is 3.78. The number of hydrogen-bond acceptors (Lipinski definition) is 3. The number of nitrogen functional groups attached to an aromatic ring is 1. The van der Waals surface area contributed by atoms with E-state index in [1.165, 1.54) is 25.7 Å². The number of amides is 1. The summed E-state index contributed by atoms with van der Waals surface area (Å²) in [5.74, 6) is 7.68. The van der Waals surface area contributed by atoms with Crippen LogP contribution in [0.5, 0.6) is 0 Å². The quantitative estimate of drug-likeness (QED) is 0.591. The maximum atomic E-state index is 12.3. The van der Waals surface area contributed by atoms with Crippen LogP contribution in [0.25, 0.3) is 0 Å². The van der Waals surface area contributed by atoms with Gasteiger partial charge in [-0.3, -0.25) is 10.6 Å². The highest BCUT2D eigenvalue weighted by Gasteiger charge is 2.39. The van der Waals surface area contributed by atoms with E-state index in [2.05, 4.69) is 10.7 Å². The van der Waals surface area contributed by atoms with Crippen LogP contribution in [0.4, 0.5) is 5.69 Å². The van der Waals surface area contributed by atoms with Crippen molar-refractivity contribution in [1.82, 2.24) is 5.32 Å². The second kappa shape index (κ2) is 5.62. The molecule has 2 saturated carbocycles. The van der Waals surface area contributed by atoms with Crippen LogP contribution in [-0.4, -0.2) is 12.5 Å². The highest BCUT2D eigenvalue weighted by Crippen LogP contribution is 2.47. The summed E-state index contributed by atoms with van der Waals surface area (Å²) in [6, 6.07) is 5.07. The maximum Gasteiger partial charge on any atom is 0.253 e. The van der Waals surface area contributed by atoms with Gasteiger partial charge in [0.25, 0.3) is 5.91 Å². The van der Waals surface area contributed by atoms with Gasteiger partial charge in [-0.1, -0.05) is 18.0 Å². The van der Waals surface area contributed by atoms with Crippen molar-refractivity contribution in [2.75, 3.05) is 12.0 Å². The number of rotatable bonds is 4. The van der Waals surface area contributed by atoms with Crippen molar-refractivity contribution in [3.05, 3.63) is 28.8 Å². The lowest BCUT2D eigenvalue weighted by molar-refractivity contribution is 0.0942. The minimum absolute atomic E-state index is 0.108. The highest BCUT2D eigenvalue weighted by atomic mass is 35.5. The SMILES string of the molecule is NNc1ccc(Cl)cc1C(=O)NCC1CC2CCC1C2. The van der Waals surface area contributed by atoms with Crippen LogP contribution in [0.1, 0.15) is 36.0 Å². The molecule has 3 unspecified atom stereocenters. The van der Waals surface area contributed by atoms with E-state index >= 15 is 0 Å². The Balaban J connectivity index is 1.63. The van der Waals surface area contributed by atoms with E-state index in [1.54, 1.807) is 18.2 Å². The van der Waals surface area contributed by atoms with E-state index in [9.17, 15) is 4.79 Å². The van der Waals surface area contributed by atoms with Crippen molar-refractivity contribution >= 4 is 23.2 Å². The lowest BCUT2D eigenvalue weighted by Crippen LogP contribution is -2.32. The van der Waals surface area contributed by atoms with Gasteiger partial charge in [-0.25, -0.2) is 0 Å². The molecule has 0 radical (unpaired) electrons. The van der Waals surface area contributed by atoms with Crippen LogP contribution in [0.15, 0.2) is 18.2 Å². The van der Waals surface area contributed by atoms with Crippen molar-refractivity contribution < 1.29 is 4.79 Å². The second-order valence-electron chi connectivity index (χ2n) is 5.98. The molecule has 5 heteroatoms. The Kier molecular flexibility index (Phi) is 3.85. The lowest BCUT2D eigenvalue weighted by atomic mass is 9.89. The van der Waals surface area contributed by atoms with Crippen molar-refractivity contribution in [2.24, 2.45) is 23.6 Å². The molecular formula is C15H20ClN3O. The maximum absolute atomic E-state index is 12.3. The van der Waals surface area contributed by atoms with Gasteiger partial charge in [-0.2, -0.15) is 0 Å². The predicted octanol–water partition coefficient (Wildman–Crippen LogP) is 2.79. The molecule has 3 atom stereocenters. The number of hydrazine groups is 1. The van der Waals surface area contributed by atoms with E-state index in [0.29, 0.717) is 22.2 Å². The number of benzene rings is 1. The molecule has 2 aliphatic rings. The molecule has 4 N–H and O–H groups in total. The normalized spacial score (nSPS) is 27.6. The summed E-state index contributed by atoms with van der Waals surface area (Å²) in [5.41, 5.74) is 3.64. The summed E-state index contributed by atoms with van der Waals surface area (Å²) in [5, 5.41) is 3.57. The van der Waals surface area contributed by atoms with Crippen molar-refractivity contribution in [1.29, 1.82) is 0 Å². The fraction of sp³-hybridized carbons (Fsp3) is 0.533. The van der Waals surface area contributed by atoms with Gasteiger partial charge in [-0.15, -0.1) is 0 Å². The molecule has 2 bridgehead atoms. The third kappa shape index (κ3) is 2.63. The molecular weight excluding hydrogens is 274 g/mol. The number of anilines is 1. The van der Waals surface area contributed by atoms with Crippen LogP contribution >= 0.6 is 11.6 Å². The zero-order valence-corrected chi connectivity index (χ0v) is 12.1. The summed E-state index contributed by atoms with van der Waals surface area (Å²) in [4.78, 5) is 12.3. The van der Waals surface area contributed by atoms with Crippen LogP contribution in [0.3, 0.4) is 0 Å². The average Bonchev–Trinajstić information content (AvgIpc) is 3.07. The number of carbonyl (C=O) groups excluding carboxylic acids is 1. The Labute approximate surface area is 124 Å². The first-order valence-electron chi connectivity index (χ1n) is 7.21. The van der Waals surface area contributed by atoms with Gasteiger partial charge in [0.2, 0.25) is 0 Å². The summed E-state index contributed by atoms with van der Waals surface area (Å²) in [6.07, 6.45) is 5.33. The van der Waals surface area contributed by atoms with Gasteiger partial charge in [-0.05, 0) is 55.2 Å². The van der Waals surface area contributed by atoms with Crippen LogP contribution in [0, 0.1) is 17.8 Å². The Morgan fingerprint density at radius 1 is 1.35 bits per heavy atom. The number of nitrogens with one attached hydrogen (secondary N) is 2. The minimum atomic E-state index is -0.108. The van der Waals surface area contributed by atoms with E-state index in [4.69, 9.17) is 17.4 Å². The molecule has 0 heterocycles. The van der Waals surface area contributed by atoms with E-state index in [0.717, 1.165) is 18.4 Å². The summed E-state index contributed by atoms with van der Waals surface area (Å²) in [6.45, 7) is 0.760.